The molecule has 20 heavy (non-hydrogen) atoms. The molecule has 0 saturated heterocycles. The van der Waals surface area contributed by atoms with Crippen molar-refractivity contribution in [1.82, 2.24) is 0 Å². The van der Waals surface area contributed by atoms with Crippen LogP contribution in [0.1, 0.15) is 18.9 Å². The molecule has 5 heteroatoms. The average Bonchev–Trinajstić information content (AvgIpc) is 2.41. The van der Waals surface area contributed by atoms with Crippen molar-refractivity contribution < 1.29 is 14.2 Å². The van der Waals surface area contributed by atoms with E-state index >= 15 is 0 Å². The molecule has 0 fully saturated rings. The summed E-state index contributed by atoms with van der Waals surface area (Å²) in [5.74, 6) is 0.812. The number of methoxy groups -OCH3 is 1. The Labute approximate surface area is 126 Å². The van der Waals surface area contributed by atoms with Gasteiger partial charge in [0.05, 0.1) is 19.8 Å². The maximum absolute atomic E-state index is 6.20. The summed E-state index contributed by atoms with van der Waals surface area (Å²) in [6.45, 7) is 4.44. The lowest BCUT2D eigenvalue weighted by atomic mass is 10.1. The molecule has 0 bridgehead atoms. The normalized spacial score (nSPS) is 12.4. The van der Waals surface area contributed by atoms with Crippen LogP contribution in [0.4, 0.5) is 0 Å². The summed E-state index contributed by atoms with van der Waals surface area (Å²) in [5.41, 5.74) is 6.82. The molecule has 0 saturated carbocycles. The van der Waals surface area contributed by atoms with Crippen LogP contribution in [0.15, 0.2) is 18.2 Å². The Bertz CT molecular complexity index is 385. The summed E-state index contributed by atoms with van der Waals surface area (Å²) in [5, 5.41) is 0.705. The molecule has 0 aliphatic rings. The first-order valence-electron chi connectivity index (χ1n) is 6.87. The predicted molar refractivity (Wildman–Crippen MR) is 81.6 cm³/mol. The van der Waals surface area contributed by atoms with Crippen LogP contribution in [0, 0.1) is 0 Å². The fraction of sp³-hybridized carbons (Fsp3) is 0.600. The van der Waals surface area contributed by atoms with Crippen LogP contribution in [0.25, 0.3) is 0 Å². The van der Waals surface area contributed by atoms with Gasteiger partial charge in [-0.25, -0.2) is 0 Å². The van der Waals surface area contributed by atoms with Gasteiger partial charge in [0, 0.05) is 36.8 Å². The maximum atomic E-state index is 6.20. The minimum absolute atomic E-state index is 0.0506. The predicted octanol–water partition coefficient (Wildman–Crippen LogP) is 2.66. The van der Waals surface area contributed by atoms with E-state index in [1.807, 2.05) is 25.1 Å². The topological polar surface area (TPSA) is 53.7 Å². The summed E-state index contributed by atoms with van der Waals surface area (Å²) in [4.78, 5) is 0. The van der Waals surface area contributed by atoms with Gasteiger partial charge >= 0.3 is 0 Å². The highest BCUT2D eigenvalue weighted by Gasteiger charge is 2.10. The van der Waals surface area contributed by atoms with Crippen LogP contribution in [0.5, 0.6) is 5.75 Å². The summed E-state index contributed by atoms with van der Waals surface area (Å²) in [6, 6.07) is 5.72. The van der Waals surface area contributed by atoms with Crippen LogP contribution in [-0.2, 0) is 15.9 Å². The van der Waals surface area contributed by atoms with E-state index < -0.39 is 0 Å². The fourth-order valence-electron chi connectivity index (χ4n) is 1.78. The van der Waals surface area contributed by atoms with Gasteiger partial charge in [-0.3, -0.25) is 0 Å². The number of nitrogens with two attached hydrogens (primary N) is 1. The van der Waals surface area contributed by atoms with Crippen molar-refractivity contribution in [1.29, 1.82) is 0 Å². The monoisotopic (exact) mass is 301 g/mol. The Morgan fingerprint density at radius 1 is 1.20 bits per heavy atom. The van der Waals surface area contributed by atoms with E-state index in [1.165, 1.54) is 0 Å². The van der Waals surface area contributed by atoms with Gasteiger partial charge in [0.15, 0.2) is 0 Å². The van der Waals surface area contributed by atoms with Gasteiger partial charge in [-0.15, -0.1) is 0 Å². The Balaban J connectivity index is 2.37. The van der Waals surface area contributed by atoms with Crippen LogP contribution >= 0.6 is 11.6 Å². The van der Waals surface area contributed by atoms with E-state index in [0.717, 1.165) is 17.7 Å². The minimum atomic E-state index is 0.0506. The van der Waals surface area contributed by atoms with Gasteiger partial charge in [-0.1, -0.05) is 17.7 Å². The van der Waals surface area contributed by atoms with Crippen molar-refractivity contribution in [3.63, 3.8) is 0 Å². The standard InChI is InChI=1S/C15H24ClNO3/c1-12(17)11-13-14(16)5-3-6-15(13)20-8-4-7-19-10-9-18-2/h3,5-6,12H,4,7-11,17H2,1-2H3. The third kappa shape index (κ3) is 6.57. The third-order valence-corrected chi connectivity index (χ3v) is 3.08. The molecule has 0 spiro atoms. The lowest BCUT2D eigenvalue weighted by Crippen LogP contribution is -2.18. The van der Waals surface area contributed by atoms with Gasteiger partial charge < -0.3 is 19.9 Å². The van der Waals surface area contributed by atoms with Gasteiger partial charge in [0.25, 0.3) is 0 Å². The second kappa shape index (κ2) is 10.00. The molecule has 1 unspecified atom stereocenters. The van der Waals surface area contributed by atoms with Crippen LogP contribution in [0.2, 0.25) is 5.02 Å². The highest BCUT2D eigenvalue weighted by molar-refractivity contribution is 6.31. The first kappa shape index (κ1) is 17.2. The Kier molecular flexibility index (Phi) is 8.62. The number of hydrogen-bond acceptors (Lipinski definition) is 4. The van der Waals surface area contributed by atoms with Crippen molar-refractivity contribution in [2.45, 2.75) is 25.8 Å². The van der Waals surface area contributed by atoms with Gasteiger partial charge in [-0.05, 0) is 25.5 Å². The first-order valence-corrected chi connectivity index (χ1v) is 7.25. The summed E-state index contributed by atoms with van der Waals surface area (Å²) in [7, 11) is 1.66. The van der Waals surface area contributed by atoms with E-state index in [0.29, 0.717) is 37.9 Å². The molecule has 0 radical (unpaired) electrons. The zero-order chi connectivity index (χ0) is 14.8. The Morgan fingerprint density at radius 2 is 2.00 bits per heavy atom. The number of ether oxygens (including phenoxy) is 3. The molecule has 1 rings (SSSR count). The molecule has 114 valence electrons. The molecular formula is C15H24ClNO3. The molecular weight excluding hydrogens is 278 g/mol. The van der Waals surface area contributed by atoms with Crippen molar-refractivity contribution in [2.24, 2.45) is 5.73 Å². The Morgan fingerprint density at radius 3 is 2.70 bits per heavy atom. The van der Waals surface area contributed by atoms with E-state index in [2.05, 4.69) is 0 Å². The number of rotatable bonds is 10. The van der Waals surface area contributed by atoms with Gasteiger partial charge in [-0.2, -0.15) is 0 Å². The number of hydrogen-bond donors (Lipinski definition) is 1. The van der Waals surface area contributed by atoms with Crippen molar-refractivity contribution in [3.05, 3.63) is 28.8 Å². The molecule has 0 aromatic heterocycles. The van der Waals surface area contributed by atoms with Crippen molar-refractivity contribution >= 4 is 11.6 Å². The molecule has 0 aliphatic carbocycles. The third-order valence-electron chi connectivity index (χ3n) is 2.72. The lowest BCUT2D eigenvalue weighted by Gasteiger charge is -2.14. The average molecular weight is 302 g/mol. The molecule has 1 aromatic rings. The Hall–Kier alpha value is -0.810. The second-order valence-electron chi connectivity index (χ2n) is 4.71. The van der Waals surface area contributed by atoms with E-state index in [9.17, 15) is 0 Å². The number of benzene rings is 1. The molecule has 4 nitrogen and oxygen atoms in total. The zero-order valence-electron chi connectivity index (χ0n) is 12.2. The zero-order valence-corrected chi connectivity index (χ0v) is 13.0. The van der Waals surface area contributed by atoms with E-state index in [1.54, 1.807) is 7.11 Å². The second-order valence-corrected chi connectivity index (χ2v) is 5.11. The molecule has 1 aromatic carbocycles. The molecule has 0 heterocycles. The van der Waals surface area contributed by atoms with Crippen molar-refractivity contribution in [2.75, 3.05) is 33.5 Å². The summed E-state index contributed by atoms with van der Waals surface area (Å²) in [6.07, 6.45) is 1.53. The quantitative estimate of drug-likeness (QED) is 0.675. The van der Waals surface area contributed by atoms with E-state index in [4.69, 9.17) is 31.5 Å². The summed E-state index contributed by atoms with van der Waals surface area (Å²) < 4.78 is 16.1. The number of halogens is 1. The first-order chi connectivity index (χ1) is 9.65. The highest BCUT2D eigenvalue weighted by atomic mass is 35.5. The molecule has 1 atom stereocenters. The summed E-state index contributed by atoms with van der Waals surface area (Å²) >= 11 is 6.20. The van der Waals surface area contributed by atoms with Crippen molar-refractivity contribution in [3.8, 4) is 5.75 Å². The van der Waals surface area contributed by atoms with Crippen LogP contribution in [-0.4, -0.2) is 39.6 Å². The van der Waals surface area contributed by atoms with Gasteiger partial charge in [0.2, 0.25) is 0 Å². The fourth-order valence-corrected chi connectivity index (χ4v) is 2.02. The largest absolute Gasteiger partial charge is 0.493 e. The molecule has 0 amide bonds. The lowest BCUT2D eigenvalue weighted by molar-refractivity contribution is 0.0644. The minimum Gasteiger partial charge on any atom is -0.493 e. The van der Waals surface area contributed by atoms with Gasteiger partial charge in [0.1, 0.15) is 5.75 Å². The highest BCUT2D eigenvalue weighted by Crippen LogP contribution is 2.27. The SMILES string of the molecule is COCCOCCCOc1cccc(Cl)c1CC(C)N. The molecule has 0 aliphatic heterocycles. The van der Waals surface area contributed by atoms with E-state index in [-0.39, 0.29) is 6.04 Å². The van der Waals surface area contributed by atoms with Crippen LogP contribution < -0.4 is 10.5 Å². The van der Waals surface area contributed by atoms with Crippen LogP contribution in [0.3, 0.4) is 0 Å². The maximum Gasteiger partial charge on any atom is 0.124 e. The smallest absolute Gasteiger partial charge is 0.124 e. The molecule has 2 N–H and O–H groups in total.